The molecule has 0 saturated heterocycles. The lowest BCUT2D eigenvalue weighted by molar-refractivity contribution is -0.384. The highest BCUT2D eigenvalue weighted by Crippen LogP contribution is 2.18. The SMILES string of the molecule is CC(COC(=O)Oc1ccc([N+](=O)[O-])cc1)CC(F)F. The molecular formula is C12H13F2NO5. The summed E-state index contributed by atoms with van der Waals surface area (Å²) in [7, 11) is 0. The van der Waals surface area contributed by atoms with Crippen LogP contribution in [0.25, 0.3) is 0 Å². The van der Waals surface area contributed by atoms with E-state index in [0.29, 0.717) is 0 Å². The predicted octanol–water partition coefficient (Wildman–Crippen LogP) is 3.40. The van der Waals surface area contributed by atoms with Crippen molar-refractivity contribution in [2.45, 2.75) is 19.8 Å². The monoisotopic (exact) mass is 289 g/mol. The van der Waals surface area contributed by atoms with E-state index in [2.05, 4.69) is 4.74 Å². The van der Waals surface area contributed by atoms with Crippen molar-refractivity contribution in [2.24, 2.45) is 5.92 Å². The summed E-state index contributed by atoms with van der Waals surface area (Å²) in [6.07, 6.45) is -3.87. The number of benzene rings is 1. The Labute approximate surface area is 113 Å². The fourth-order valence-electron chi connectivity index (χ4n) is 1.34. The quantitative estimate of drug-likeness (QED) is 0.347. The molecule has 1 atom stereocenters. The van der Waals surface area contributed by atoms with Gasteiger partial charge in [0.15, 0.2) is 0 Å². The van der Waals surface area contributed by atoms with Crippen LogP contribution in [-0.2, 0) is 4.74 Å². The second-order valence-corrected chi connectivity index (χ2v) is 4.15. The zero-order chi connectivity index (χ0) is 15.1. The number of hydrogen-bond donors (Lipinski definition) is 0. The third-order valence-corrected chi connectivity index (χ3v) is 2.31. The topological polar surface area (TPSA) is 78.7 Å². The van der Waals surface area contributed by atoms with Gasteiger partial charge in [0, 0.05) is 18.6 Å². The van der Waals surface area contributed by atoms with Crippen molar-refractivity contribution < 1.29 is 28.0 Å². The Morgan fingerprint density at radius 3 is 2.45 bits per heavy atom. The number of hydrogen-bond acceptors (Lipinski definition) is 5. The Hall–Kier alpha value is -2.25. The maximum atomic E-state index is 12.0. The molecule has 0 amide bonds. The zero-order valence-electron chi connectivity index (χ0n) is 10.6. The Morgan fingerprint density at radius 1 is 1.35 bits per heavy atom. The molecule has 0 aliphatic heterocycles. The van der Waals surface area contributed by atoms with Crippen molar-refractivity contribution in [3.8, 4) is 5.75 Å². The Kier molecular flexibility index (Phi) is 5.82. The van der Waals surface area contributed by atoms with Crippen LogP contribution in [0.3, 0.4) is 0 Å². The third kappa shape index (κ3) is 5.59. The average molecular weight is 289 g/mol. The lowest BCUT2D eigenvalue weighted by atomic mass is 10.1. The number of nitrogens with zero attached hydrogens (tertiary/aromatic N) is 1. The fourth-order valence-corrected chi connectivity index (χ4v) is 1.34. The minimum Gasteiger partial charge on any atom is -0.434 e. The van der Waals surface area contributed by atoms with E-state index >= 15 is 0 Å². The molecule has 0 bridgehead atoms. The van der Waals surface area contributed by atoms with Gasteiger partial charge < -0.3 is 9.47 Å². The number of carbonyl (C=O) groups is 1. The van der Waals surface area contributed by atoms with E-state index in [4.69, 9.17) is 4.74 Å². The van der Waals surface area contributed by atoms with Gasteiger partial charge in [0.25, 0.3) is 5.69 Å². The first-order valence-corrected chi connectivity index (χ1v) is 5.75. The van der Waals surface area contributed by atoms with Crippen molar-refractivity contribution in [1.82, 2.24) is 0 Å². The van der Waals surface area contributed by atoms with Crippen LogP contribution in [0.5, 0.6) is 5.75 Å². The standard InChI is InChI=1S/C12H13F2NO5/c1-8(6-11(13)14)7-19-12(16)20-10-4-2-9(3-5-10)15(17)18/h2-5,8,11H,6-7H2,1H3. The van der Waals surface area contributed by atoms with E-state index in [1.807, 2.05) is 0 Å². The summed E-state index contributed by atoms with van der Waals surface area (Å²) in [5, 5.41) is 10.4. The van der Waals surface area contributed by atoms with Gasteiger partial charge in [0.1, 0.15) is 5.75 Å². The predicted molar refractivity (Wildman–Crippen MR) is 64.9 cm³/mol. The van der Waals surface area contributed by atoms with Gasteiger partial charge in [-0.05, 0) is 18.1 Å². The molecule has 1 rings (SSSR count). The molecule has 0 spiro atoms. The second kappa shape index (κ2) is 7.37. The van der Waals surface area contributed by atoms with E-state index in [1.54, 1.807) is 0 Å². The van der Waals surface area contributed by atoms with Crippen LogP contribution in [0.15, 0.2) is 24.3 Å². The third-order valence-electron chi connectivity index (χ3n) is 2.31. The summed E-state index contributed by atoms with van der Waals surface area (Å²) in [5.74, 6) is -0.415. The van der Waals surface area contributed by atoms with E-state index in [9.17, 15) is 23.7 Å². The number of ether oxygens (including phenoxy) is 2. The van der Waals surface area contributed by atoms with Gasteiger partial charge in [-0.1, -0.05) is 6.92 Å². The molecule has 0 aliphatic rings. The molecule has 110 valence electrons. The molecule has 1 aromatic carbocycles. The van der Waals surface area contributed by atoms with Crippen molar-refractivity contribution >= 4 is 11.8 Å². The van der Waals surface area contributed by atoms with Crippen LogP contribution < -0.4 is 4.74 Å². The van der Waals surface area contributed by atoms with Gasteiger partial charge in [-0.2, -0.15) is 0 Å². The average Bonchev–Trinajstić information content (AvgIpc) is 2.36. The summed E-state index contributed by atoms with van der Waals surface area (Å²) in [6.45, 7) is 1.33. The van der Waals surface area contributed by atoms with Crippen LogP contribution in [0.4, 0.5) is 19.3 Å². The first-order chi connectivity index (χ1) is 9.38. The zero-order valence-corrected chi connectivity index (χ0v) is 10.6. The fraction of sp³-hybridized carbons (Fsp3) is 0.417. The van der Waals surface area contributed by atoms with E-state index < -0.39 is 23.4 Å². The normalized spacial score (nSPS) is 12.0. The number of carbonyl (C=O) groups excluding carboxylic acids is 1. The molecule has 0 heterocycles. The largest absolute Gasteiger partial charge is 0.513 e. The molecule has 0 fully saturated rings. The maximum Gasteiger partial charge on any atom is 0.513 e. The van der Waals surface area contributed by atoms with Gasteiger partial charge in [-0.15, -0.1) is 0 Å². The Morgan fingerprint density at radius 2 is 1.95 bits per heavy atom. The molecule has 0 aliphatic carbocycles. The Bertz CT molecular complexity index is 463. The first kappa shape index (κ1) is 15.8. The number of rotatable bonds is 6. The molecule has 0 radical (unpaired) electrons. The number of halogens is 2. The summed E-state index contributed by atoms with van der Waals surface area (Å²) in [6, 6.07) is 4.81. The molecule has 6 nitrogen and oxygen atoms in total. The molecule has 8 heteroatoms. The van der Waals surface area contributed by atoms with Gasteiger partial charge in [0.2, 0.25) is 6.43 Å². The Balaban J connectivity index is 2.40. The number of non-ortho nitro benzene ring substituents is 1. The van der Waals surface area contributed by atoms with Crippen LogP contribution in [0.1, 0.15) is 13.3 Å². The molecule has 0 saturated carbocycles. The minimum absolute atomic E-state index is 0.0714. The van der Waals surface area contributed by atoms with Crippen LogP contribution >= 0.6 is 0 Å². The lowest BCUT2D eigenvalue weighted by Gasteiger charge is -2.11. The molecule has 0 aromatic heterocycles. The molecule has 1 aromatic rings. The highest BCUT2D eigenvalue weighted by atomic mass is 19.3. The van der Waals surface area contributed by atoms with Crippen molar-refractivity contribution in [3.63, 3.8) is 0 Å². The smallest absolute Gasteiger partial charge is 0.434 e. The molecular weight excluding hydrogens is 276 g/mol. The maximum absolute atomic E-state index is 12.0. The van der Waals surface area contributed by atoms with E-state index in [-0.39, 0.29) is 24.5 Å². The van der Waals surface area contributed by atoms with Crippen molar-refractivity contribution in [2.75, 3.05) is 6.61 Å². The molecule has 20 heavy (non-hydrogen) atoms. The van der Waals surface area contributed by atoms with E-state index in [1.165, 1.54) is 31.2 Å². The van der Waals surface area contributed by atoms with E-state index in [0.717, 1.165) is 0 Å². The van der Waals surface area contributed by atoms with Gasteiger partial charge >= 0.3 is 6.16 Å². The number of nitro groups is 1. The highest BCUT2D eigenvalue weighted by molar-refractivity contribution is 5.63. The van der Waals surface area contributed by atoms with Crippen molar-refractivity contribution in [3.05, 3.63) is 34.4 Å². The molecule has 0 N–H and O–H groups in total. The second-order valence-electron chi connectivity index (χ2n) is 4.15. The first-order valence-electron chi connectivity index (χ1n) is 5.75. The summed E-state index contributed by atoms with van der Waals surface area (Å²) < 4.78 is 33.5. The highest BCUT2D eigenvalue weighted by Gasteiger charge is 2.14. The van der Waals surface area contributed by atoms with Crippen LogP contribution in [0, 0.1) is 16.0 Å². The van der Waals surface area contributed by atoms with Crippen LogP contribution in [0.2, 0.25) is 0 Å². The van der Waals surface area contributed by atoms with Gasteiger partial charge in [-0.25, -0.2) is 13.6 Å². The molecule has 1 unspecified atom stereocenters. The van der Waals surface area contributed by atoms with Gasteiger partial charge in [-0.3, -0.25) is 10.1 Å². The minimum atomic E-state index is -2.46. The lowest BCUT2D eigenvalue weighted by Crippen LogP contribution is -2.17. The van der Waals surface area contributed by atoms with Crippen LogP contribution in [-0.4, -0.2) is 24.1 Å². The summed E-state index contributed by atoms with van der Waals surface area (Å²) >= 11 is 0. The van der Waals surface area contributed by atoms with Crippen molar-refractivity contribution in [1.29, 1.82) is 0 Å². The summed E-state index contributed by atoms with van der Waals surface area (Å²) in [4.78, 5) is 21.1. The summed E-state index contributed by atoms with van der Waals surface area (Å²) in [5.41, 5.74) is -0.142. The van der Waals surface area contributed by atoms with Gasteiger partial charge in [0.05, 0.1) is 11.5 Å². The number of alkyl halides is 2. The number of nitro benzene ring substituents is 1.